The number of benzene rings is 2. The number of anilines is 1. The van der Waals surface area contributed by atoms with Crippen LogP contribution in [0.3, 0.4) is 0 Å². The molecule has 2 aromatic rings. The van der Waals surface area contributed by atoms with Crippen molar-refractivity contribution in [2.45, 2.75) is 6.23 Å². The standard InChI is InChI=1S/C17H15ClN2O3/c18-12-6-7-14-13(10-12)15(11-4-2-1-3-5-11)20-17(16(22)19-14)23-9-8-21/h1-7,10,17,21H,8-9H2,(H,19,22). The molecule has 6 heteroatoms. The molecule has 1 aliphatic rings. The van der Waals surface area contributed by atoms with Gasteiger partial charge in [-0.3, -0.25) is 4.79 Å². The van der Waals surface area contributed by atoms with Gasteiger partial charge in [0.1, 0.15) is 0 Å². The summed E-state index contributed by atoms with van der Waals surface area (Å²) in [6.45, 7) is -0.153. The summed E-state index contributed by atoms with van der Waals surface area (Å²) < 4.78 is 5.36. The van der Waals surface area contributed by atoms with Crippen LogP contribution in [0.1, 0.15) is 11.1 Å². The van der Waals surface area contributed by atoms with Crippen LogP contribution in [0.4, 0.5) is 5.69 Å². The van der Waals surface area contributed by atoms with Crippen molar-refractivity contribution in [3.05, 3.63) is 64.7 Å². The Hall–Kier alpha value is -2.21. The molecular formula is C17H15ClN2O3. The molecule has 2 N–H and O–H groups in total. The summed E-state index contributed by atoms with van der Waals surface area (Å²) in [5.41, 5.74) is 2.82. The molecule has 1 atom stereocenters. The summed E-state index contributed by atoms with van der Waals surface area (Å²) in [6, 6.07) is 14.7. The van der Waals surface area contributed by atoms with Gasteiger partial charge in [0.25, 0.3) is 5.91 Å². The summed E-state index contributed by atoms with van der Waals surface area (Å²) in [6.07, 6.45) is -1.02. The van der Waals surface area contributed by atoms with E-state index < -0.39 is 6.23 Å². The summed E-state index contributed by atoms with van der Waals surface area (Å²) in [5.74, 6) is -0.382. The zero-order chi connectivity index (χ0) is 16.2. The topological polar surface area (TPSA) is 70.9 Å². The van der Waals surface area contributed by atoms with Gasteiger partial charge in [0.15, 0.2) is 0 Å². The number of carbonyl (C=O) groups is 1. The van der Waals surface area contributed by atoms with Crippen LogP contribution in [0.2, 0.25) is 5.02 Å². The van der Waals surface area contributed by atoms with Crippen molar-refractivity contribution in [2.75, 3.05) is 18.5 Å². The monoisotopic (exact) mass is 330 g/mol. The van der Waals surface area contributed by atoms with Crippen molar-refractivity contribution in [3.8, 4) is 0 Å². The average molecular weight is 331 g/mol. The first-order valence-corrected chi connectivity index (χ1v) is 7.53. The molecule has 1 heterocycles. The maximum Gasteiger partial charge on any atom is 0.276 e. The number of benzodiazepines with no additional fused rings is 1. The Morgan fingerprint density at radius 2 is 2.00 bits per heavy atom. The molecule has 0 radical (unpaired) electrons. The zero-order valence-corrected chi connectivity index (χ0v) is 13.0. The summed E-state index contributed by atoms with van der Waals surface area (Å²) in [4.78, 5) is 16.7. The fourth-order valence-electron chi connectivity index (χ4n) is 2.36. The second kappa shape index (κ2) is 6.91. The van der Waals surface area contributed by atoms with Crippen LogP contribution in [0.5, 0.6) is 0 Å². The molecule has 118 valence electrons. The number of halogens is 1. The lowest BCUT2D eigenvalue weighted by molar-refractivity contribution is -0.127. The fraction of sp³-hybridized carbons (Fsp3) is 0.176. The number of carbonyl (C=O) groups excluding carboxylic acids is 1. The van der Waals surface area contributed by atoms with Crippen LogP contribution in [0.15, 0.2) is 53.5 Å². The van der Waals surface area contributed by atoms with E-state index in [0.717, 1.165) is 11.1 Å². The number of aliphatic hydroxyl groups is 1. The van der Waals surface area contributed by atoms with Crippen LogP contribution in [0, 0.1) is 0 Å². The predicted octanol–water partition coefficient (Wildman–Crippen LogP) is 2.46. The molecule has 0 saturated heterocycles. The normalized spacial score (nSPS) is 17.0. The zero-order valence-electron chi connectivity index (χ0n) is 12.2. The maximum atomic E-state index is 12.3. The Morgan fingerprint density at radius 3 is 2.74 bits per heavy atom. The number of nitrogens with zero attached hydrogens (tertiary/aromatic N) is 1. The van der Waals surface area contributed by atoms with Gasteiger partial charge in [-0.1, -0.05) is 41.9 Å². The molecule has 0 bridgehead atoms. The highest BCUT2D eigenvalue weighted by Gasteiger charge is 2.26. The second-order valence-corrected chi connectivity index (χ2v) is 5.41. The second-order valence-electron chi connectivity index (χ2n) is 4.97. The van der Waals surface area contributed by atoms with Gasteiger partial charge in [0, 0.05) is 16.1 Å². The van der Waals surface area contributed by atoms with E-state index in [-0.39, 0.29) is 19.1 Å². The lowest BCUT2D eigenvalue weighted by atomic mass is 10.0. The summed E-state index contributed by atoms with van der Waals surface area (Å²) in [5, 5.41) is 12.3. The van der Waals surface area contributed by atoms with E-state index in [1.165, 1.54) is 0 Å². The Kier molecular flexibility index (Phi) is 4.71. The van der Waals surface area contributed by atoms with Gasteiger partial charge >= 0.3 is 0 Å². The van der Waals surface area contributed by atoms with Gasteiger partial charge in [-0.25, -0.2) is 4.99 Å². The van der Waals surface area contributed by atoms with Crippen LogP contribution >= 0.6 is 11.6 Å². The number of aliphatic imine (C=N–C) groups is 1. The number of fused-ring (bicyclic) bond motifs is 1. The molecule has 0 spiro atoms. The minimum absolute atomic E-state index is 0.0285. The van der Waals surface area contributed by atoms with E-state index in [2.05, 4.69) is 10.3 Å². The van der Waals surface area contributed by atoms with Gasteiger partial charge in [0.05, 0.1) is 24.6 Å². The molecule has 2 aromatic carbocycles. The Labute approximate surface area is 138 Å². The van der Waals surface area contributed by atoms with Crippen molar-refractivity contribution < 1.29 is 14.6 Å². The molecule has 23 heavy (non-hydrogen) atoms. The molecule has 3 rings (SSSR count). The number of rotatable bonds is 4. The molecule has 1 amide bonds. The van der Waals surface area contributed by atoms with Crippen LogP contribution in [-0.2, 0) is 9.53 Å². The largest absolute Gasteiger partial charge is 0.394 e. The van der Waals surface area contributed by atoms with Gasteiger partial charge < -0.3 is 15.2 Å². The van der Waals surface area contributed by atoms with Crippen LogP contribution < -0.4 is 5.32 Å². The molecular weight excluding hydrogens is 316 g/mol. The van der Waals surface area contributed by atoms with E-state index in [0.29, 0.717) is 16.4 Å². The Balaban J connectivity index is 2.13. The van der Waals surface area contributed by atoms with Gasteiger partial charge in [-0.05, 0) is 18.2 Å². The van der Waals surface area contributed by atoms with E-state index in [1.54, 1.807) is 18.2 Å². The summed E-state index contributed by atoms with van der Waals surface area (Å²) >= 11 is 6.11. The molecule has 0 fully saturated rings. The van der Waals surface area contributed by atoms with Crippen molar-refractivity contribution in [2.24, 2.45) is 4.99 Å². The molecule has 0 saturated carbocycles. The number of ether oxygens (including phenoxy) is 1. The average Bonchev–Trinajstić information content (AvgIpc) is 2.70. The van der Waals surface area contributed by atoms with E-state index in [9.17, 15) is 4.79 Å². The molecule has 5 nitrogen and oxygen atoms in total. The van der Waals surface area contributed by atoms with Crippen molar-refractivity contribution in [1.82, 2.24) is 0 Å². The number of hydrogen-bond acceptors (Lipinski definition) is 4. The molecule has 1 aliphatic heterocycles. The highest BCUT2D eigenvalue weighted by atomic mass is 35.5. The van der Waals surface area contributed by atoms with E-state index >= 15 is 0 Å². The number of nitrogens with one attached hydrogen (secondary N) is 1. The van der Waals surface area contributed by atoms with Crippen LogP contribution in [0.25, 0.3) is 0 Å². The quantitative estimate of drug-likeness (QED) is 0.904. The maximum absolute atomic E-state index is 12.3. The van der Waals surface area contributed by atoms with Crippen molar-refractivity contribution >= 4 is 28.9 Å². The first kappa shape index (κ1) is 15.7. The molecule has 0 aliphatic carbocycles. The smallest absolute Gasteiger partial charge is 0.276 e. The van der Waals surface area contributed by atoms with E-state index in [1.807, 2.05) is 30.3 Å². The summed E-state index contributed by atoms with van der Waals surface area (Å²) in [7, 11) is 0. The number of hydrogen-bond donors (Lipinski definition) is 2. The Morgan fingerprint density at radius 1 is 1.22 bits per heavy atom. The van der Waals surface area contributed by atoms with E-state index in [4.69, 9.17) is 21.4 Å². The highest BCUT2D eigenvalue weighted by Crippen LogP contribution is 2.27. The van der Waals surface area contributed by atoms with Gasteiger partial charge in [-0.2, -0.15) is 0 Å². The number of amides is 1. The highest BCUT2D eigenvalue weighted by molar-refractivity contribution is 6.32. The van der Waals surface area contributed by atoms with Crippen molar-refractivity contribution in [1.29, 1.82) is 0 Å². The lowest BCUT2D eigenvalue weighted by Crippen LogP contribution is -2.29. The SMILES string of the molecule is O=C1Nc2ccc(Cl)cc2C(c2ccccc2)=NC1OCCO. The first-order chi connectivity index (χ1) is 11.2. The van der Waals surface area contributed by atoms with Gasteiger partial charge in [0.2, 0.25) is 6.23 Å². The lowest BCUT2D eigenvalue weighted by Gasteiger charge is -2.11. The molecule has 1 unspecified atom stereocenters. The Bertz CT molecular complexity index is 747. The number of aliphatic hydroxyl groups excluding tert-OH is 1. The third kappa shape index (κ3) is 3.42. The van der Waals surface area contributed by atoms with Crippen molar-refractivity contribution in [3.63, 3.8) is 0 Å². The van der Waals surface area contributed by atoms with Gasteiger partial charge in [-0.15, -0.1) is 0 Å². The minimum atomic E-state index is -1.02. The molecule has 0 aromatic heterocycles. The fourth-order valence-corrected chi connectivity index (χ4v) is 2.54. The van der Waals surface area contributed by atoms with Crippen LogP contribution in [-0.4, -0.2) is 36.2 Å². The minimum Gasteiger partial charge on any atom is -0.394 e. The third-order valence-electron chi connectivity index (χ3n) is 3.38. The first-order valence-electron chi connectivity index (χ1n) is 7.15. The predicted molar refractivity (Wildman–Crippen MR) is 89.0 cm³/mol. The third-order valence-corrected chi connectivity index (χ3v) is 3.61.